The van der Waals surface area contributed by atoms with Gasteiger partial charge in [0.1, 0.15) is 77.9 Å². The summed E-state index contributed by atoms with van der Waals surface area (Å²) in [6.45, 7) is 3.62. The quantitative estimate of drug-likeness (QED) is 0.0212. The lowest BCUT2D eigenvalue weighted by atomic mass is 9.96. The van der Waals surface area contributed by atoms with E-state index < -0.39 is 89.5 Å². The number of phenols is 3. The number of unbranched alkanes of at least 4 members (excludes halogenated alkanes) is 1. The van der Waals surface area contributed by atoms with E-state index >= 15 is 0 Å². The van der Waals surface area contributed by atoms with Crippen molar-refractivity contribution in [2.45, 2.75) is 114 Å². The van der Waals surface area contributed by atoms with E-state index in [9.17, 15) is 58.8 Å². The molecule has 452 valence electrons. The van der Waals surface area contributed by atoms with Crippen LogP contribution in [0.1, 0.15) is 69.1 Å². The minimum atomic E-state index is -1.47. The Balaban J connectivity index is 1.12. The average molecular weight is 1190 g/mol. The van der Waals surface area contributed by atoms with Gasteiger partial charge in [0.15, 0.2) is 5.65 Å². The van der Waals surface area contributed by atoms with E-state index in [1.54, 1.807) is 13.8 Å². The third-order valence-corrected chi connectivity index (χ3v) is 14.4. The van der Waals surface area contributed by atoms with Gasteiger partial charge in [-0.25, -0.2) is 19.4 Å². The van der Waals surface area contributed by atoms with Gasteiger partial charge in [-0.15, -0.1) is 0 Å². The smallest absolute Gasteiger partial charge is 0.326 e. The summed E-state index contributed by atoms with van der Waals surface area (Å²) in [4.78, 5) is 119. The second-order valence-corrected chi connectivity index (χ2v) is 20.8. The number of carboxylic acid groups (broad SMARTS) is 1. The number of aromatic nitrogens is 4. The number of thiol groups is 1. The molecule has 0 saturated carbocycles. The number of nitrogen functional groups attached to an aromatic ring is 1. The van der Waals surface area contributed by atoms with Crippen LogP contribution >= 0.6 is 12.6 Å². The molecule has 7 unspecified atom stereocenters. The fourth-order valence-corrected chi connectivity index (χ4v) is 9.34. The van der Waals surface area contributed by atoms with Crippen LogP contribution in [-0.2, 0) is 64.2 Å². The number of benzene rings is 4. The van der Waals surface area contributed by atoms with Gasteiger partial charge in [0.25, 0.3) is 0 Å². The van der Waals surface area contributed by atoms with Crippen LogP contribution in [-0.4, -0.2) is 143 Å². The number of fused-ring (bicyclic) bond motifs is 1. The Morgan fingerprint density at radius 2 is 1.11 bits per heavy atom. The highest BCUT2D eigenvalue weighted by Crippen LogP contribution is 2.30. The van der Waals surface area contributed by atoms with E-state index in [0.717, 1.165) is 5.56 Å². The summed E-state index contributed by atoms with van der Waals surface area (Å²) in [6, 6.07) is 18.4. The zero-order valence-electron chi connectivity index (χ0n) is 47.1. The molecule has 0 aliphatic heterocycles. The molecule has 0 radical (unpaired) electrons. The van der Waals surface area contributed by atoms with Crippen LogP contribution in [0.3, 0.4) is 0 Å². The number of carbonyl (C=O) groups excluding carboxylic acids is 7. The van der Waals surface area contributed by atoms with Gasteiger partial charge in [-0.05, 0) is 91.2 Å². The molecule has 4 aromatic carbocycles. The first-order chi connectivity index (χ1) is 40.8. The van der Waals surface area contributed by atoms with Gasteiger partial charge in [0.2, 0.25) is 41.4 Å². The molecule has 7 amide bonds. The first-order valence-electron chi connectivity index (χ1n) is 27.7. The lowest BCUT2D eigenvalue weighted by Gasteiger charge is -2.29. The van der Waals surface area contributed by atoms with Crippen LogP contribution in [0.2, 0.25) is 0 Å². The SMILES string of the molecule is CCC(C)C(NC(=O)C(CS)NC(=O)CCCNC(=O)Cn1nc(-c2ccccc2)c2c(N)ncnc21)C(=O)NC(Cc1ccc(O)cc1)C(=O)NC(CCCCN)C(=O)NC(Cc1ccc(O)cc1)C(=O)NC(Cc1ccc(O)cc1)C(=O)O. The number of nitrogens with one attached hydrogen (secondary N) is 7. The molecule has 6 rings (SSSR count). The standard InChI is InChI=1S/C59H73N13O12S/c1-3-34(2)50(70-57(81)46(32-85)65-47(76)13-9-27-62-48(77)31-72-53-49(52(61)63-33-64-53)51(71-72)38-10-5-4-6-11-38)58(82)68-44(29-36-16-22-40(74)23-17-36)55(79)66-42(12-7-8-26-60)54(78)67-43(28-35-14-20-39(73)21-15-35)56(80)69-45(59(83)84)30-37-18-24-41(75)25-19-37/h4-6,10-11,14-25,33-34,42-46,50,73-75,85H,3,7-9,12-13,26-32,60H2,1-2H3,(H,62,77)(H,65,76)(H,66,79)(H,67,78)(H,68,82)(H,69,80)(H,70,81)(H,83,84)(H2,61,63,64). The van der Waals surface area contributed by atoms with E-state index in [1.165, 1.54) is 83.8 Å². The van der Waals surface area contributed by atoms with Crippen molar-refractivity contribution < 1.29 is 58.8 Å². The molecule has 0 saturated heterocycles. The molecule has 2 heterocycles. The number of amides is 7. The molecule has 0 aliphatic carbocycles. The minimum absolute atomic E-state index is 0.00421. The van der Waals surface area contributed by atoms with Crippen LogP contribution in [0.25, 0.3) is 22.3 Å². The molecule has 0 bridgehead atoms. The van der Waals surface area contributed by atoms with Crippen LogP contribution in [0.15, 0.2) is 109 Å². The Morgan fingerprint density at radius 1 is 0.600 bits per heavy atom. The van der Waals surface area contributed by atoms with Crippen molar-refractivity contribution >= 4 is 76.8 Å². The number of anilines is 1. The van der Waals surface area contributed by atoms with Crippen molar-refractivity contribution in [2.24, 2.45) is 11.7 Å². The van der Waals surface area contributed by atoms with Gasteiger partial charge in [-0.1, -0.05) is 87.0 Å². The molecule has 0 fully saturated rings. The number of nitrogens with zero attached hydrogens (tertiary/aromatic N) is 4. The Labute approximate surface area is 495 Å². The van der Waals surface area contributed by atoms with E-state index in [-0.39, 0.29) is 87.0 Å². The molecular formula is C59H73N13O12S. The summed E-state index contributed by atoms with van der Waals surface area (Å²) in [5, 5.41) is 63.8. The predicted molar refractivity (Wildman–Crippen MR) is 318 cm³/mol. The Kier molecular flexibility index (Phi) is 24.4. The topological polar surface area (TPSA) is 397 Å². The average Bonchev–Trinajstić information content (AvgIpc) is 2.88. The molecular weight excluding hydrogens is 1110 g/mol. The largest absolute Gasteiger partial charge is 0.508 e. The lowest BCUT2D eigenvalue weighted by Crippen LogP contribution is -2.61. The van der Waals surface area contributed by atoms with Gasteiger partial charge in [0.05, 0.1) is 5.39 Å². The summed E-state index contributed by atoms with van der Waals surface area (Å²) in [7, 11) is 0. The van der Waals surface area contributed by atoms with Crippen molar-refractivity contribution in [3.05, 3.63) is 126 Å². The second kappa shape index (κ2) is 31.9. The highest BCUT2D eigenvalue weighted by Gasteiger charge is 2.35. The maximum Gasteiger partial charge on any atom is 0.326 e. The molecule has 7 atom stereocenters. The monoisotopic (exact) mass is 1190 g/mol. The number of aliphatic carboxylic acids is 1. The Bertz CT molecular complexity index is 3240. The molecule has 26 heteroatoms. The molecule has 85 heavy (non-hydrogen) atoms. The normalized spacial score (nSPS) is 13.6. The molecule has 6 aromatic rings. The van der Waals surface area contributed by atoms with Crippen LogP contribution in [0.4, 0.5) is 5.82 Å². The molecule has 15 N–H and O–H groups in total. The number of hydrogen-bond acceptors (Lipinski definition) is 17. The fraction of sp³-hybridized carbons (Fsp3) is 0.373. The molecule has 0 spiro atoms. The lowest BCUT2D eigenvalue weighted by molar-refractivity contribution is -0.142. The van der Waals surface area contributed by atoms with Gasteiger partial charge in [-0.3, -0.25) is 33.6 Å². The van der Waals surface area contributed by atoms with Crippen molar-refractivity contribution in [3.8, 4) is 28.5 Å². The summed E-state index contributed by atoms with van der Waals surface area (Å²) < 4.78 is 1.42. The first kappa shape index (κ1) is 64.9. The van der Waals surface area contributed by atoms with Gasteiger partial charge < -0.3 is 69.1 Å². The number of carbonyl (C=O) groups is 8. The van der Waals surface area contributed by atoms with E-state index in [0.29, 0.717) is 52.7 Å². The highest BCUT2D eigenvalue weighted by molar-refractivity contribution is 7.80. The minimum Gasteiger partial charge on any atom is -0.508 e. The first-order valence-corrected chi connectivity index (χ1v) is 28.4. The number of phenolic OH excluding ortho intramolecular Hbond substituents is 3. The summed E-state index contributed by atoms with van der Waals surface area (Å²) in [5.41, 5.74) is 15.1. The Morgan fingerprint density at radius 3 is 1.64 bits per heavy atom. The zero-order chi connectivity index (χ0) is 61.6. The van der Waals surface area contributed by atoms with Crippen LogP contribution in [0, 0.1) is 5.92 Å². The van der Waals surface area contributed by atoms with Crippen LogP contribution < -0.4 is 48.7 Å². The predicted octanol–water partition coefficient (Wildman–Crippen LogP) is 1.92. The summed E-state index contributed by atoms with van der Waals surface area (Å²) in [5.74, 6) is -7.10. The Hall–Kier alpha value is -9.30. The number of carboxylic acids is 1. The molecule has 2 aromatic heterocycles. The number of nitrogens with two attached hydrogens (primary N) is 2. The van der Waals surface area contributed by atoms with Crippen molar-refractivity contribution in [2.75, 3.05) is 24.6 Å². The number of hydrogen-bond donors (Lipinski definition) is 14. The summed E-state index contributed by atoms with van der Waals surface area (Å²) >= 11 is 4.32. The second-order valence-electron chi connectivity index (χ2n) is 20.4. The molecule has 25 nitrogen and oxygen atoms in total. The zero-order valence-corrected chi connectivity index (χ0v) is 48.0. The maximum absolute atomic E-state index is 14.6. The van der Waals surface area contributed by atoms with Gasteiger partial charge >= 0.3 is 5.97 Å². The highest BCUT2D eigenvalue weighted by atomic mass is 32.1. The van der Waals surface area contributed by atoms with Crippen LogP contribution in [0.5, 0.6) is 17.2 Å². The van der Waals surface area contributed by atoms with Crippen molar-refractivity contribution in [3.63, 3.8) is 0 Å². The third kappa shape index (κ3) is 19.4. The molecule has 0 aliphatic rings. The third-order valence-electron chi connectivity index (χ3n) is 14.0. The van der Waals surface area contributed by atoms with Crippen molar-refractivity contribution in [1.29, 1.82) is 0 Å². The summed E-state index contributed by atoms with van der Waals surface area (Å²) in [6.07, 6.45) is 1.97. The maximum atomic E-state index is 14.6. The van der Waals surface area contributed by atoms with E-state index in [1.807, 2.05) is 30.3 Å². The van der Waals surface area contributed by atoms with Gasteiger partial charge in [0, 0.05) is 43.5 Å². The van der Waals surface area contributed by atoms with E-state index in [2.05, 4.69) is 64.9 Å². The number of rotatable bonds is 32. The number of aromatic hydroxyl groups is 3. The fourth-order valence-electron chi connectivity index (χ4n) is 9.09. The van der Waals surface area contributed by atoms with Gasteiger partial charge in [-0.2, -0.15) is 17.7 Å². The van der Waals surface area contributed by atoms with Crippen molar-refractivity contribution in [1.82, 2.24) is 57.0 Å². The van der Waals surface area contributed by atoms with E-state index in [4.69, 9.17) is 11.5 Å².